The van der Waals surface area contributed by atoms with Crippen molar-refractivity contribution >= 4 is 23.4 Å². The molecule has 6 nitrogen and oxygen atoms in total. The number of hydrogen-bond acceptors (Lipinski definition) is 4. The molecule has 2 rings (SSSR count). The summed E-state index contributed by atoms with van der Waals surface area (Å²) in [4.78, 5) is 25.9. The van der Waals surface area contributed by atoms with E-state index in [2.05, 4.69) is 5.32 Å². The van der Waals surface area contributed by atoms with Crippen LogP contribution in [0.1, 0.15) is 30.9 Å². The summed E-state index contributed by atoms with van der Waals surface area (Å²) in [5, 5.41) is 12.5. The van der Waals surface area contributed by atoms with Crippen molar-refractivity contribution in [2.45, 2.75) is 38.4 Å². The molecule has 0 radical (unpaired) electrons. The quantitative estimate of drug-likeness (QED) is 0.739. The van der Waals surface area contributed by atoms with Crippen LogP contribution in [0.2, 0.25) is 5.02 Å². The van der Waals surface area contributed by atoms with Gasteiger partial charge in [-0.05, 0) is 43.0 Å². The van der Waals surface area contributed by atoms with Crippen LogP contribution in [0, 0.1) is 0 Å². The van der Waals surface area contributed by atoms with E-state index in [0.717, 1.165) is 17.5 Å². The van der Waals surface area contributed by atoms with E-state index in [4.69, 9.17) is 22.4 Å². The van der Waals surface area contributed by atoms with Crippen molar-refractivity contribution in [1.82, 2.24) is 10.2 Å². The first-order chi connectivity index (χ1) is 10.9. The minimum atomic E-state index is -0.929. The Morgan fingerprint density at radius 2 is 2.17 bits per heavy atom. The van der Waals surface area contributed by atoms with Gasteiger partial charge in [-0.15, -0.1) is 0 Å². The Kier molecular flexibility index (Phi) is 5.62. The van der Waals surface area contributed by atoms with E-state index in [9.17, 15) is 9.59 Å². The van der Waals surface area contributed by atoms with Crippen molar-refractivity contribution in [1.29, 1.82) is 0 Å². The molecule has 1 aromatic carbocycles. The number of carbonyl (C=O) groups excluding carboxylic acids is 2. The fraction of sp³-hybridized carbons (Fsp3) is 0.500. The molecule has 0 saturated carbocycles. The van der Waals surface area contributed by atoms with Gasteiger partial charge in [-0.25, -0.2) is 0 Å². The molecule has 7 heteroatoms. The van der Waals surface area contributed by atoms with Gasteiger partial charge in [-0.2, -0.15) is 0 Å². The first kappa shape index (κ1) is 17.7. The number of nitrogens with one attached hydrogen (secondary N) is 1. The van der Waals surface area contributed by atoms with E-state index < -0.39 is 18.1 Å². The van der Waals surface area contributed by atoms with Gasteiger partial charge in [0, 0.05) is 24.7 Å². The SMILES string of the molecule is C[C@@]1(C(=O)NCc2cc(Cl)ccc2CN)CCCN1C(=O)CO. The van der Waals surface area contributed by atoms with Gasteiger partial charge in [0.1, 0.15) is 12.1 Å². The Hall–Kier alpha value is -1.63. The Morgan fingerprint density at radius 1 is 1.43 bits per heavy atom. The maximum absolute atomic E-state index is 12.6. The van der Waals surface area contributed by atoms with E-state index in [1.165, 1.54) is 4.90 Å². The van der Waals surface area contributed by atoms with Crippen molar-refractivity contribution in [3.8, 4) is 0 Å². The van der Waals surface area contributed by atoms with Crippen LogP contribution < -0.4 is 11.1 Å². The van der Waals surface area contributed by atoms with Crippen LogP contribution in [0.4, 0.5) is 0 Å². The standard InChI is InChI=1S/C16H22ClN3O3/c1-16(5-2-6-20(16)14(22)10-21)15(23)19-9-12-7-13(17)4-3-11(12)8-18/h3-4,7,21H,2,5-6,8-10,18H2,1H3,(H,19,23)/t16-/m0/s1. The molecule has 0 spiro atoms. The third kappa shape index (κ3) is 3.65. The largest absolute Gasteiger partial charge is 0.387 e. The highest BCUT2D eigenvalue weighted by Gasteiger charge is 2.45. The molecule has 1 aromatic rings. The number of likely N-dealkylation sites (tertiary alicyclic amines) is 1. The Morgan fingerprint density at radius 3 is 2.83 bits per heavy atom. The van der Waals surface area contributed by atoms with Gasteiger partial charge in [0.2, 0.25) is 11.8 Å². The van der Waals surface area contributed by atoms with Gasteiger partial charge in [0.05, 0.1) is 0 Å². The number of aliphatic hydroxyl groups excluding tert-OH is 1. The number of benzene rings is 1. The van der Waals surface area contributed by atoms with Crippen LogP contribution in [0.5, 0.6) is 0 Å². The summed E-state index contributed by atoms with van der Waals surface area (Å²) in [5.74, 6) is -0.662. The summed E-state index contributed by atoms with van der Waals surface area (Å²) in [6.45, 7) is 2.27. The fourth-order valence-electron chi connectivity index (χ4n) is 3.01. The van der Waals surface area contributed by atoms with Gasteiger partial charge >= 0.3 is 0 Å². The van der Waals surface area contributed by atoms with E-state index >= 15 is 0 Å². The molecule has 1 saturated heterocycles. The molecule has 23 heavy (non-hydrogen) atoms. The molecule has 0 unspecified atom stereocenters. The lowest BCUT2D eigenvalue weighted by molar-refractivity contribution is -0.146. The zero-order valence-electron chi connectivity index (χ0n) is 13.1. The molecule has 1 fully saturated rings. The van der Waals surface area contributed by atoms with Gasteiger partial charge in [0.15, 0.2) is 0 Å². The van der Waals surface area contributed by atoms with Crippen molar-refractivity contribution in [2.75, 3.05) is 13.2 Å². The number of rotatable bonds is 5. The fourth-order valence-corrected chi connectivity index (χ4v) is 3.20. The van der Waals surface area contributed by atoms with Gasteiger partial charge in [-0.3, -0.25) is 9.59 Å². The lowest BCUT2D eigenvalue weighted by Gasteiger charge is -2.33. The first-order valence-electron chi connectivity index (χ1n) is 7.59. The molecule has 1 aliphatic rings. The minimum Gasteiger partial charge on any atom is -0.387 e. The third-order valence-corrected chi connectivity index (χ3v) is 4.63. The summed E-state index contributed by atoms with van der Waals surface area (Å²) < 4.78 is 0. The van der Waals surface area contributed by atoms with E-state index in [-0.39, 0.29) is 5.91 Å². The molecule has 2 amide bonds. The summed E-state index contributed by atoms with van der Waals surface area (Å²) in [6.07, 6.45) is 1.31. The second-order valence-corrected chi connectivity index (χ2v) is 6.32. The average molecular weight is 340 g/mol. The van der Waals surface area contributed by atoms with Crippen molar-refractivity contribution in [2.24, 2.45) is 5.73 Å². The second kappa shape index (κ2) is 7.29. The number of nitrogens with zero attached hydrogens (tertiary/aromatic N) is 1. The zero-order valence-corrected chi connectivity index (χ0v) is 13.9. The van der Waals surface area contributed by atoms with Crippen LogP contribution in [0.25, 0.3) is 0 Å². The van der Waals surface area contributed by atoms with Crippen LogP contribution >= 0.6 is 11.6 Å². The van der Waals surface area contributed by atoms with Crippen molar-refractivity contribution in [3.05, 3.63) is 34.3 Å². The number of nitrogens with two attached hydrogens (primary N) is 1. The third-order valence-electron chi connectivity index (χ3n) is 4.39. The first-order valence-corrected chi connectivity index (χ1v) is 7.97. The Bertz CT molecular complexity index is 608. The lowest BCUT2D eigenvalue weighted by Crippen LogP contribution is -2.55. The monoisotopic (exact) mass is 339 g/mol. The van der Waals surface area contributed by atoms with E-state index in [1.54, 1.807) is 19.1 Å². The topological polar surface area (TPSA) is 95.7 Å². The number of carbonyl (C=O) groups is 2. The maximum Gasteiger partial charge on any atom is 0.249 e. The van der Waals surface area contributed by atoms with Gasteiger partial charge in [-0.1, -0.05) is 17.7 Å². The number of aliphatic hydroxyl groups is 1. The van der Waals surface area contributed by atoms with Gasteiger partial charge < -0.3 is 21.1 Å². The molecular weight excluding hydrogens is 318 g/mol. The van der Waals surface area contributed by atoms with E-state index in [1.807, 2.05) is 6.07 Å². The van der Waals surface area contributed by atoms with Crippen LogP contribution in [0.15, 0.2) is 18.2 Å². The zero-order chi connectivity index (χ0) is 17.0. The van der Waals surface area contributed by atoms with Crippen molar-refractivity contribution < 1.29 is 14.7 Å². The molecule has 126 valence electrons. The highest BCUT2D eigenvalue weighted by molar-refractivity contribution is 6.30. The summed E-state index contributed by atoms with van der Waals surface area (Å²) in [6, 6.07) is 5.37. The highest BCUT2D eigenvalue weighted by Crippen LogP contribution is 2.29. The normalized spacial score (nSPS) is 20.6. The summed E-state index contributed by atoms with van der Waals surface area (Å²) in [7, 11) is 0. The molecule has 4 N–H and O–H groups in total. The second-order valence-electron chi connectivity index (χ2n) is 5.88. The molecule has 1 atom stereocenters. The highest BCUT2D eigenvalue weighted by atomic mass is 35.5. The average Bonchev–Trinajstić information content (AvgIpc) is 2.95. The van der Waals surface area contributed by atoms with Crippen LogP contribution in [-0.2, 0) is 22.7 Å². The molecule has 0 bridgehead atoms. The minimum absolute atomic E-state index is 0.236. The maximum atomic E-state index is 12.6. The smallest absolute Gasteiger partial charge is 0.249 e. The lowest BCUT2D eigenvalue weighted by atomic mass is 9.97. The number of hydrogen-bond donors (Lipinski definition) is 3. The summed E-state index contributed by atoms with van der Waals surface area (Å²) >= 11 is 5.99. The molecule has 0 aliphatic carbocycles. The Balaban J connectivity index is 2.10. The predicted octanol–water partition coefficient (Wildman–Crippen LogP) is 0.788. The predicted molar refractivity (Wildman–Crippen MR) is 87.6 cm³/mol. The van der Waals surface area contributed by atoms with Crippen LogP contribution in [0.3, 0.4) is 0 Å². The van der Waals surface area contributed by atoms with Gasteiger partial charge in [0.25, 0.3) is 0 Å². The molecular formula is C16H22ClN3O3. The molecule has 0 aromatic heterocycles. The van der Waals surface area contributed by atoms with Crippen LogP contribution in [-0.4, -0.2) is 40.5 Å². The molecule has 1 aliphatic heterocycles. The van der Waals surface area contributed by atoms with Crippen molar-refractivity contribution in [3.63, 3.8) is 0 Å². The van der Waals surface area contributed by atoms with E-state index in [0.29, 0.717) is 31.1 Å². The Labute approximate surface area is 140 Å². The number of amides is 2. The number of halogens is 1. The summed E-state index contributed by atoms with van der Waals surface area (Å²) in [5.41, 5.74) is 6.54. The molecule has 1 heterocycles.